The van der Waals surface area contributed by atoms with Gasteiger partial charge in [-0.3, -0.25) is 9.59 Å². The summed E-state index contributed by atoms with van der Waals surface area (Å²) in [6.45, 7) is 0. The number of carbonyl (C=O) groups excluding carboxylic acids is 1. The number of thiophene rings is 1. The van der Waals surface area contributed by atoms with Crippen molar-refractivity contribution in [3.05, 3.63) is 46.2 Å². The van der Waals surface area contributed by atoms with Gasteiger partial charge in [-0.05, 0) is 23.6 Å². The fourth-order valence-corrected chi connectivity index (χ4v) is 3.73. The minimum atomic E-state index is -1.00. The Morgan fingerprint density at radius 2 is 1.93 bits per heavy atom. The number of methoxy groups -OCH3 is 2. The maximum atomic E-state index is 12.6. The van der Waals surface area contributed by atoms with Gasteiger partial charge < -0.3 is 14.6 Å². The van der Waals surface area contributed by atoms with Gasteiger partial charge in [-0.2, -0.15) is 5.10 Å². The first kappa shape index (κ1) is 18.9. The molecular formula is C19H20N2O5S. The van der Waals surface area contributed by atoms with Crippen molar-refractivity contribution in [2.24, 2.45) is 5.10 Å². The number of benzene rings is 1. The average molecular weight is 388 g/mol. The summed E-state index contributed by atoms with van der Waals surface area (Å²) < 4.78 is 10.6. The number of carbonyl (C=O) groups is 2. The van der Waals surface area contributed by atoms with Gasteiger partial charge >= 0.3 is 5.97 Å². The molecule has 1 N–H and O–H groups in total. The van der Waals surface area contributed by atoms with Gasteiger partial charge in [-0.15, -0.1) is 11.3 Å². The first-order valence-electron chi connectivity index (χ1n) is 8.40. The van der Waals surface area contributed by atoms with Crippen LogP contribution in [0.15, 0.2) is 40.8 Å². The number of hydrazone groups is 1. The molecule has 7 nitrogen and oxygen atoms in total. The highest BCUT2D eigenvalue weighted by molar-refractivity contribution is 7.10. The average Bonchev–Trinajstić information content (AvgIpc) is 3.34. The lowest BCUT2D eigenvalue weighted by Gasteiger charge is -2.20. The quantitative estimate of drug-likeness (QED) is 0.786. The van der Waals surface area contributed by atoms with Crippen molar-refractivity contribution in [3.63, 3.8) is 0 Å². The van der Waals surface area contributed by atoms with Crippen LogP contribution < -0.4 is 9.47 Å². The van der Waals surface area contributed by atoms with Crippen molar-refractivity contribution in [2.75, 3.05) is 14.2 Å². The first-order valence-corrected chi connectivity index (χ1v) is 9.28. The molecule has 0 aliphatic carbocycles. The van der Waals surface area contributed by atoms with Crippen molar-refractivity contribution in [2.45, 2.75) is 25.3 Å². The van der Waals surface area contributed by atoms with E-state index in [9.17, 15) is 9.59 Å². The van der Waals surface area contributed by atoms with Crippen LogP contribution in [0.25, 0.3) is 0 Å². The van der Waals surface area contributed by atoms with E-state index in [4.69, 9.17) is 14.6 Å². The van der Waals surface area contributed by atoms with E-state index in [0.29, 0.717) is 17.9 Å². The topological polar surface area (TPSA) is 88.4 Å². The largest absolute Gasteiger partial charge is 0.497 e. The number of ether oxygens (including phenoxy) is 2. The summed E-state index contributed by atoms with van der Waals surface area (Å²) in [5, 5.41) is 16.8. The number of carboxylic acid groups (broad SMARTS) is 1. The van der Waals surface area contributed by atoms with Crippen LogP contribution in [0, 0.1) is 0 Å². The molecule has 8 heteroatoms. The predicted molar refractivity (Wildman–Crippen MR) is 101 cm³/mol. The Labute approximate surface area is 160 Å². The Balaban J connectivity index is 1.93. The summed E-state index contributed by atoms with van der Waals surface area (Å²) in [5.74, 6) is -0.0385. The third-order valence-electron chi connectivity index (χ3n) is 4.27. The molecule has 1 aliphatic heterocycles. The summed E-state index contributed by atoms with van der Waals surface area (Å²) in [4.78, 5) is 24.4. The first-order chi connectivity index (χ1) is 13.0. The molecule has 1 unspecified atom stereocenters. The number of rotatable bonds is 7. The standard InChI is InChI=1S/C19H20N2O5S/c1-25-13-8-12(9-14(10-13)26-2)15-11-16(17-4-3-7-27-17)21(20-15)18(22)5-6-19(23)24/h3-4,7-10,16H,5-6,11H2,1-2H3,(H,23,24). The number of hydrogen-bond donors (Lipinski definition) is 1. The van der Waals surface area contributed by atoms with Crippen molar-refractivity contribution in [1.82, 2.24) is 5.01 Å². The number of amides is 1. The van der Waals surface area contributed by atoms with Gasteiger partial charge in [0.15, 0.2) is 0 Å². The van der Waals surface area contributed by atoms with E-state index in [1.807, 2.05) is 29.6 Å². The Morgan fingerprint density at radius 3 is 2.48 bits per heavy atom. The molecule has 0 radical (unpaired) electrons. The lowest BCUT2D eigenvalue weighted by Crippen LogP contribution is -2.26. The summed E-state index contributed by atoms with van der Waals surface area (Å²) in [5.41, 5.74) is 1.54. The van der Waals surface area contributed by atoms with Crippen LogP contribution in [-0.4, -0.2) is 41.9 Å². The van der Waals surface area contributed by atoms with E-state index in [-0.39, 0.29) is 24.8 Å². The Bertz CT molecular complexity index is 841. The summed E-state index contributed by atoms with van der Waals surface area (Å²) in [6.07, 6.45) is 0.232. The maximum absolute atomic E-state index is 12.6. The lowest BCUT2D eigenvalue weighted by molar-refractivity contribution is -0.141. The second-order valence-electron chi connectivity index (χ2n) is 6.02. The van der Waals surface area contributed by atoms with Crippen LogP contribution in [0.1, 0.15) is 35.7 Å². The normalized spacial score (nSPS) is 16.1. The molecule has 2 aromatic rings. The van der Waals surface area contributed by atoms with Gasteiger partial charge in [-0.1, -0.05) is 6.07 Å². The van der Waals surface area contributed by atoms with Gasteiger partial charge in [0.1, 0.15) is 11.5 Å². The molecule has 3 rings (SSSR count). The van der Waals surface area contributed by atoms with Gasteiger partial charge in [0, 0.05) is 29.3 Å². The second-order valence-corrected chi connectivity index (χ2v) is 6.99. The molecule has 0 fully saturated rings. The monoisotopic (exact) mass is 388 g/mol. The molecule has 1 atom stereocenters. The molecule has 0 bridgehead atoms. The number of nitrogens with zero attached hydrogens (tertiary/aromatic N) is 2. The Kier molecular flexibility index (Phi) is 5.75. The third kappa shape index (κ3) is 4.28. The van der Waals surface area contributed by atoms with Gasteiger partial charge in [0.2, 0.25) is 5.91 Å². The van der Waals surface area contributed by atoms with Crippen LogP contribution in [0.5, 0.6) is 11.5 Å². The van der Waals surface area contributed by atoms with Crippen LogP contribution in [0.3, 0.4) is 0 Å². The number of aliphatic carboxylic acids is 1. The fourth-order valence-electron chi connectivity index (χ4n) is 2.92. The molecule has 0 saturated carbocycles. The van der Waals surface area contributed by atoms with E-state index >= 15 is 0 Å². The van der Waals surface area contributed by atoms with Crippen molar-refractivity contribution in [3.8, 4) is 11.5 Å². The summed E-state index contributed by atoms with van der Waals surface area (Å²) >= 11 is 1.55. The maximum Gasteiger partial charge on any atom is 0.303 e. The molecule has 0 spiro atoms. The molecule has 1 aliphatic rings. The molecule has 142 valence electrons. The summed E-state index contributed by atoms with van der Waals surface area (Å²) in [6, 6.07) is 9.10. The highest BCUT2D eigenvalue weighted by atomic mass is 32.1. The lowest BCUT2D eigenvalue weighted by atomic mass is 10.0. The van der Waals surface area contributed by atoms with Gasteiger partial charge in [-0.25, -0.2) is 5.01 Å². The van der Waals surface area contributed by atoms with Crippen LogP contribution in [-0.2, 0) is 9.59 Å². The molecule has 1 aromatic carbocycles. The molecular weight excluding hydrogens is 368 g/mol. The van der Waals surface area contributed by atoms with E-state index in [1.165, 1.54) is 5.01 Å². The number of hydrogen-bond acceptors (Lipinski definition) is 6. The Morgan fingerprint density at radius 1 is 1.22 bits per heavy atom. The second kappa shape index (κ2) is 8.22. The molecule has 27 heavy (non-hydrogen) atoms. The molecule has 1 aromatic heterocycles. The van der Waals surface area contributed by atoms with Gasteiger partial charge in [0.25, 0.3) is 0 Å². The van der Waals surface area contributed by atoms with E-state index in [1.54, 1.807) is 31.6 Å². The van der Waals surface area contributed by atoms with Crippen LogP contribution in [0.4, 0.5) is 0 Å². The molecule has 0 saturated heterocycles. The number of carboxylic acids is 1. The predicted octanol–water partition coefficient (Wildman–Crippen LogP) is 3.31. The van der Waals surface area contributed by atoms with E-state index < -0.39 is 5.97 Å². The van der Waals surface area contributed by atoms with Crippen LogP contribution in [0.2, 0.25) is 0 Å². The minimum Gasteiger partial charge on any atom is -0.497 e. The fraction of sp³-hybridized carbons (Fsp3) is 0.316. The smallest absolute Gasteiger partial charge is 0.303 e. The van der Waals surface area contributed by atoms with E-state index in [0.717, 1.165) is 16.2 Å². The highest BCUT2D eigenvalue weighted by Crippen LogP contribution is 2.36. The SMILES string of the molecule is COc1cc(OC)cc(C2=NN(C(=O)CCC(=O)O)C(c3cccs3)C2)c1. The van der Waals surface area contributed by atoms with E-state index in [2.05, 4.69) is 5.10 Å². The zero-order valence-corrected chi connectivity index (χ0v) is 15.9. The zero-order chi connectivity index (χ0) is 19.4. The van der Waals surface area contributed by atoms with Crippen LogP contribution >= 0.6 is 11.3 Å². The van der Waals surface area contributed by atoms with Crippen molar-refractivity contribution in [1.29, 1.82) is 0 Å². The Hall–Kier alpha value is -2.87. The molecule has 1 amide bonds. The summed E-state index contributed by atoms with van der Waals surface area (Å²) in [7, 11) is 3.15. The third-order valence-corrected chi connectivity index (χ3v) is 5.25. The van der Waals surface area contributed by atoms with Crippen molar-refractivity contribution < 1.29 is 24.2 Å². The van der Waals surface area contributed by atoms with Crippen molar-refractivity contribution >= 4 is 28.9 Å². The molecule has 2 heterocycles. The minimum absolute atomic E-state index is 0.0879. The van der Waals surface area contributed by atoms with Gasteiger partial charge in [0.05, 0.1) is 32.4 Å². The zero-order valence-electron chi connectivity index (χ0n) is 15.0. The highest BCUT2D eigenvalue weighted by Gasteiger charge is 2.34.